The van der Waals surface area contributed by atoms with Gasteiger partial charge >= 0.3 is 0 Å². The number of ether oxygens (including phenoxy) is 3. The first-order chi connectivity index (χ1) is 8.33. The Hall–Kier alpha value is -1.26. The van der Waals surface area contributed by atoms with Gasteiger partial charge in [-0.1, -0.05) is 6.07 Å². The molecule has 4 nitrogen and oxygen atoms in total. The highest BCUT2D eigenvalue weighted by Crippen LogP contribution is 2.28. The van der Waals surface area contributed by atoms with Crippen molar-refractivity contribution in [1.29, 1.82) is 0 Å². The summed E-state index contributed by atoms with van der Waals surface area (Å²) in [6, 6.07) is 5.43. The Balaban J connectivity index is 1.98. The van der Waals surface area contributed by atoms with Crippen molar-refractivity contribution in [2.24, 2.45) is 0 Å². The normalized spacial score (nSPS) is 19.3. The van der Waals surface area contributed by atoms with Gasteiger partial charge in [-0.2, -0.15) is 0 Å². The summed E-state index contributed by atoms with van der Waals surface area (Å²) in [5, 5.41) is 9.03. The molecule has 0 aliphatic carbocycles. The zero-order chi connectivity index (χ0) is 12.1. The van der Waals surface area contributed by atoms with Gasteiger partial charge in [0.05, 0.1) is 19.8 Å². The van der Waals surface area contributed by atoms with E-state index in [-0.39, 0.29) is 12.7 Å². The maximum absolute atomic E-state index is 9.03. The third kappa shape index (κ3) is 3.11. The quantitative estimate of drug-likeness (QED) is 0.849. The molecule has 1 saturated heterocycles. The van der Waals surface area contributed by atoms with Crippen LogP contribution in [0.2, 0.25) is 0 Å². The smallest absolute Gasteiger partial charge is 0.161 e. The first-order valence-corrected chi connectivity index (χ1v) is 5.85. The molecule has 0 aromatic heterocycles. The molecule has 1 aliphatic rings. The van der Waals surface area contributed by atoms with E-state index in [1.165, 1.54) is 0 Å². The third-order valence-corrected chi connectivity index (χ3v) is 2.86. The van der Waals surface area contributed by atoms with Crippen LogP contribution in [0.25, 0.3) is 0 Å². The molecule has 0 bridgehead atoms. The van der Waals surface area contributed by atoms with E-state index in [4.69, 9.17) is 19.3 Å². The van der Waals surface area contributed by atoms with E-state index in [1.54, 1.807) is 13.2 Å². The Labute approximate surface area is 101 Å². The molecule has 0 saturated carbocycles. The summed E-state index contributed by atoms with van der Waals surface area (Å²) in [7, 11) is 1.59. The van der Waals surface area contributed by atoms with Crippen molar-refractivity contribution in [3.8, 4) is 11.5 Å². The number of hydrogen-bond donors (Lipinski definition) is 1. The van der Waals surface area contributed by atoms with Crippen molar-refractivity contribution in [3.05, 3.63) is 23.8 Å². The van der Waals surface area contributed by atoms with Gasteiger partial charge in [0.1, 0.15) is 6.61 Å². The standard InChI is InChI=1S/C13H18O4/c1-15-13-7-10(8-14)4-5-12(13)17-9-11-3-2-6-16-11/h4-5,7,11,14H,2-3,6,8-9H2,1H3. The molecular formula is C13H18O4. The van der Waals surface area contributed by atoms with E-state index in [9.17, 15) is 0 Å². The van der Waals surface area contributed by atoms with Crippen molar-refractivity contribution in [1.82, 2.24) is 0 Å². The van der Waals surface area contributed by atoms with E-state index < -0.39 is 0 Å². The lowest BCUT2D eigenvalue weighted by Gasteiger charge is -2.14. The van der Waals surface area contributed by atoms with Gasteiger partial charge in [0.2, 0.25) is 0 Å². The van der Waals surface area contributed by atoms with Gasteiger partial charge in [0, 0.05) is 6.61 Å². The number of aliphatic hydroxyl groups excluding tert-OH is 1. The van der Waals surface area contributed by atoms with Gasteiger partial charge < -0.3 is 19.3 Å². The summed E-state index contributed by atoms with van der Waals surface area (Å²) in [5.41, 5.74) is 0.811. The second-order valence-electron chi connectivity index (χ2n) is 4.09. The summed E-state index contributed by atoms with van der Waals surface area (Å²) in [4.78, 5) is 0. The molecular weight excluding hydrogens is 220 g/mol. The average Bonchev–Trinajstić information content (AvgIpc) is 2.89. The minimum atomic E-state index is 0.00236. The van der Waals surface area contributed by atoms with E-state index in [0.717, 1.165) is 25.0 Å². The molecule has 94 valence electrons. The summed E-state index contributed by atoms with van der Waals surface area (Å²) in [6.07, 6.45) is 2.35. The Bertz CT molecular complexity index is 358. The molecule has 1 fully saturated rings. The van der Waals surface area contributed by atoms with Gasteiger partial charge in [-0.15, -0.1) is 0 Å². The van der Waals surface area contributed by atoms with Crippen molar-refractivity contribution >= 4 is 0 Å². The highest BCUT2D eigenvalue weighted by molar-refractivity contribution is 5.42. The molecule has 0 amide bonds. The van der Waals surface area contributed by atoms with Crippen molar-refractivity contribution in [3.63, 3.8) is 0 Å². The summed E-state index contributed by atoms with van der Waals surface area (Å²) < 4.78 is 16.4. The molecule has 1 aromatic carbocycles. The van der Waals surface area contributed by atoms with Crippen LogP contribution in [-0.4, -0.2) is 31.5 Å². The maximum atomic E-state index is 9.03. The average molecular weight is 238 g/mol. The fourth-order valence-corrected chi connectivity index (χ4v) is 1.89. The lowest BCUT2D eigenvalue weighted by molar-refractivity contribution is 0.0669. The Morgan fingerprint density at radius 3 is 2.94 bits per heavy atom. The number of aliphatic hydroxyl groups is 1. The predicted molar refractivity (Wildman–Crippen MR) is 63.4 cm³/mol. The molecule has 4 heteroatoms. The number of methoxy groups -OCH3 is 1. The number of hydrogen-bond acceptors (Lipinski definition) is 4. The maximum Gasteiger partial charge on any atom is 0.161 e. The van der Waals surface area contributed by atoms with Gasteiger partial charge in [-0.25, -0.2) is 0 Å². The van der Waals surface area contributed by atoms with Gasteiger partial charge in [-0.3, -0.25) is 0 Å². The van der Waals surface area contributed by atoms with Crippen LogP contribution in [0.3, 0.4) is 0 Å². The summed E-state index contributed by atoms with van der Waals surface area (Å²) in [6.45, 7) is 1.38. The summed E-state index contributed by atoms with van der Waals surface area (Å²) in [5.74, 6) is 1.34. The van der Waals surface area contributed by atoms with E-state index in [0.29, 0.717) is 18.1 Å². The molecule has 1 heterocycles. The molecule has 1 aliphatic heterocycles. The van der Waals surface area contributed by atoms with Gasteiger partial charge in [-0.05, 0) is 30.5 Å². The molecule has 0 spiro atoms. The third-order valence-electron chi connectivity index (χ3n) is 2.86. The molecule has 17 heavy (non-hydrogen) atoms. The zero-order valence-electron chi connectivity index (χ0n) is 10.0. The molecule has 1 atom stereocenters. The molecule has 1 unspecified atom stereocenters. The van der Waals surface area contributed by atoms with Crippen LogP contribution in [0.4, 0.5) is 0 Å². The lowest BCUT2D eigenvalue weighted by atomic mass is 10.2. The second-order valence-corrected chi connectivity index (χ2v) is 4.09. The van der Waals surface area contributed by atoms with Crippen LogP contribution in [-0.2, 0) is 11.3 Å². The van der Waals surface area contributed by atoms with Crippen LogP contribution < -0.4 is 9.47 Å². The highest BCUT2D eigenvalue weighted by atomic mass is 16.5. The van der Waals surface area contributed by atoms with Crippen LogP contribution in [0.5, 0.6) is 11.5 Å². The molecule has 0 radical (unpaired) electrons. The fraction of sp³-hybridized carbons (Fsp3) is 0.538. The SMILES string of the molecule is COc1cc(CO)ccc1OCC1CCCO1. The minimum Gasteiger partial charge on any atom is -0.493 e. The predicted octanol–water partition coefficient (Wildman–Crippen LogP) is 1.75. The van der Waals surface area contributed by atoms with Crippen molar-refractivity contribution < 1.29 is 19.3 Å². The van der Waals surface area contributed by atoms with Crippen LogP contribution >= 0.6 is 0 Å². The monoisotopic (exact) mass is 238 g/mol. The van der Waals surface area contributed by atoms with Crippen molar-refractivity contribution in [2.45, 2.75) is 25.6 Å². The number of benzene rings is 1. The van der Waals surface area contributed by atoms with Gasteiger partial charge in [0.15, 0.2) is 11.5 Å². The fourth-order valence-electron chi connectivity index (χ4n) is 1.89. The first kappa shape index (κ1) is 12.2. The Morgan fingerprint density at radius 1 is 1.41 bits per heavy atom. The van der Waals surface area contributed by atoms with E-state index >= 15 is 0 Å². The van der Waals surface area contributed by atoms with Crippen LogP contribution in [0.1, 0.15) is 18.4 Å². The highest BCUT2D eigenvalue weighted by Gasteiger charge is 2.17. The van der Waals surface area contributed by atoms with Crippen molar-refractivity contribution in [2.75, 3.05) is 20.3 Å². The molecule has 2 rings (SSSR count). The van der Waals surface area contributed by atoms with Gasteiger partial charge in [0.25, 0.3) is 0 Å². The van der Waals surface area contributed by atoms with Crippen LogP contribution in [0.15, 0.2) is 18.2 Å². The van der Waals surface area contributed by atoms with Crippen LogP contribution in [0, 0.1) is 0 Å². The van der Waals surface area contributed by atoms with E-state index in [1.807, 2.05) is 12.1 Å². The molecule has 1 aromatic rings. The van der Waals surface area contributed by atoms with E-state index in [2.05, 4.69) is 0 Å². The first-order valence-electron chi connectivity index (χ1n) is 5.85. The largest absolute Gasteiger partial charge is 0.493 e. The zero-order valence-corrected chi connectivity index (χ0v) is 10.0. The number of rotatable bonds is 5. The second kappa shape index (κ2) is 5.89. The lowest BCUT2D eigenvalue weighted by Crippen LogP contribution is -2.16. The molecule has 1 N–H and O–H groups in total. The Kier molecular flexibility index (Phi) is 4.23. The minimum absolute atomic E-state index is 0.00236. The topological polar surface area (TPSA) is 47.9 Å². The Morgan fingerprint density at radius 2 is 2.29 bits per heavy atom. The summed E-state index contributed by atoms with van der Waals surface area (Å²) >= 11 is 0.